The second kappa shape index (κ2) is 4.72. The number of carbonyl (C=O) groups excluding carboxylic acids is 1. The van der Waals surface area contributed by atoms with Crippen LogP contribution >= 0.6 is 0 Å². The Labute approximate surface area is 124 Å². The molecule has 0 aromatic heterocycles. The Hall–Kier alpha value is -1.58. The van der Waals surface area contributed by atoms with Gasteiger partial charge in [0.25, 0.3) is 0 Å². The van der Waals surface area contributed by atoms with Crippen molar-refractivity contribution >= 4 is 11.8 Å². The molecule has 0 spiro atoms. The maximum atomic E-state index is 12.8. The van der Waals surface area contributed by atoms with Gasteiger partial charge in [-0.1, -0.05) is 20.8 Å². The third-order valence-corrected chi connectivity index (χ3v) is 6.05. The van der Waals surface area contributed by atoms with Crippen LogP contribution in [0.15, 0.2) is 24.3 Å². The Morgan fingerprint density at radius 1 is 1.29 bits per heavy atom. The lowest BCUT2D eigenvalue weighted by atomic mass is 9.70. The monoisotopic (exact) mass is 291 g/mol. The van der Waals surface area contributed by atoms with Crippen LogP contribution in [0.2, 0.25) is 0 Å². The molecule has 1 aromatic rings. The summed E-state index contributed by atoms with van der Waals surface area (Å²) in [5.41, 5.74) is 0.819. The normalized spacial score (nSPS) is 33.0. The summed E-state index contributed by atoms with van der Waals surface area (Å²) in [4.78, 5) is 12.1. The van der Waals surface area contributed by atoms with E-state index in [1.165, 1.54) is 30.7 Å². The number of rotatable bonds is 2. The van der Waals surface area contributed by atoms with E-state index in [1.54, 1.807) is 0 Å². The van der Waals surface area contributed by atoms with Crippen LogP contribution in [0.3, 0.4) is 0 Å². The molecule has 2 aliphatic rings. The first-order valence-corrected chi connectivity index (χ1v) is 7.56. The average Bonchev–Trinajstić information content (AvgIpc) is 2.74. The van der Waals surface area contributed by atoms with Crippen molar-refractivity contribution in [1.29, 1.82) is 0 Å². The Bertz CT molecular complexity index is 554. The van der Waals surface area contributed by atoms with E-state index in [0.717, 1.165) is 12.8 Å². The second-order valence-electron chi connectivity index (χ2n) is 7.14. The van der Waals surface area contributed by atoms with Crippen LogP contribution in [0.5, 0.6) is 0 Å². The van der Waals surface area contributed by atoms with E-state index in [9.17, 15) is 9.18 Å². The fraction of sp³-hybridized carbons (Fsp3) is 0.588. The van der Waals surface area contributed by atoms with Crippen LogP contribution in [0.4, 0.5) is 14.9 Å². The van der Waals surface area contributed by atoms with Crippen LogP contribution in [-0.4, -0.2) is 12.2 Å². The summed E-state index contributed by atoms with van der Waals surface area (Å²) in [6, 6.07) is 5.70. The molecule has 21 heavy (non-hydrogen) atoms. The molecule has 0 unspecified atom stereocenters. The quantitative estimate of drug-likeness (QED) is 0.865. The molecule has 1 aromatic carbocycles. The van der Waals surface area contributed by atoms with Gasteiger partial charge in [-0.2, -0.15) is 0 Å². The molecule has 2 bridgehead atoms. The molecule has 2 aliphatic carbocycles. The van der Waals surface area contributed by atoms with Crippen LogP contribution < -0.4 is 5.32 Å². The highest BCUT2D eigenvalue weighted by Crippen LogP contribution is 2.66. The van der Waals surface area contributed by atoms with Gasteiger partial charge in [-0.3, -0.25) is 5.32 Å². The van der Waals surface area contributed by atoms with Gasteiger partial charge in [-0.15, -0.1) is 0 Å². The Morgan fingerprint density at radius 2 is 1.95 bits per heavy atom. The predicted octanol–water partition coefficient (Wildman–Crippen LogP) is 4.59. The number of benzene rings is 1. The fourth-order valence-electron chi connectivity index (χ4n) is 4.12. The second-order valence-corrected chi connectivity index (χ2v) is 7.14. The minimum atomic E-state index is -0.448. The number of ether oxygens (including phenoxy) is 1. The van der Waals surface area contributed by atoms with Gasteiger partial charge >= 0.3 is 6.09 Å². The maximum Gasteiger partial charge on any atom is 0.411 e. The van der Waals surface area contributed by atoms with Crippen molar-refractivity contribution in [2.75, 3.05) is 5.32 Å². The van der Waals surface area contributed by atoms with Gasteiger partial charge in [-0.05, 0) is 54.9 Å². The van der Waals surface area contributed by atoms with Gasteiger partial charge in [-0.25, -0.2) is 9.18 Å². The largest absolute Gasteiger partial charge is 0.445 e. The molecular formula is C17H22FNO2. The molecule has 0 radical (unpaired) electrons. The number of nitrogens with one attached hydrogen (secondary N) is 1. The Kier molecular flexibility index (Phi) is 3.23. The molecule has 0 heterocycles. The number of anilines is 1. The first-order valence-electron chi connectivity index (χ1n) is 7.56. The fourth-order valence-corrected chi connectivity index (χ4v) is 4.12. The minimum Gasteiger partial charge on any atom is -0.445 e. The van der Waals surface area contributed by atoms with Gasteiger partial charge in [0, 0.05) is 11.1 Å². The van der Waals surface area contributed by atoms with Crippen LogP contribution in [0.1, 0.15) is 40.0 Å². The van der Waals surface area contributed by atoms with E-state index in [4.69, 9.17) is 4.74 Å². The van der Waals surface area contributed by atoms with Crippen molar-refractivity contribution in [3.63, 3.8) is 0 Å². The van der Waals surface area contributed by atoms with Crippen LogP contribution in [0.25, 0.3) is 0 Å². The summed E-state index contributed by atoms with van der Waals surface area (Å²) in [7, 11) is 0. The molecule has 4 heteroatoms. The van der Waals surface area contributed by atoms with Crippen molar-refractivity contribution in [2.24, 2.45) is 16.7 Å². The number of carbonyl (C=O) groups is 1. The SMILES string of the molecule is CC1(C)[C@@H]2CC[C@@]1(C)[C@H](OC(=O)Nc1ccc(F)cc1)C2. The molecule has 3 atom stereocenters. The van der Waals surface area contributed by atoms with Crippen molar-refractivity contribution in [1.82, 2.24) is 0 Å². The number of amides is 1. The summed E-state index contributed by atoms with van der Waals surface area (Å²) < 4.78 is 18.5. The molecule has 1 N–H and O–H groups in total. The lowest BCUT2D eigenvalue weighted by Crippen LogP contribution is -2.39. The lowest BCUT2D eigenvalue weighted by molar-refractivity contribution is 0.00148. The summed E-state index contributed by atoms with van der Waals surface area (Å²) in [5.74, 6) is 0.308. The first-order chi connectivity index (χ1) is 9.83. The molecule has 1 amide bonds. The summed E-state index contributed by atoms with van der Waals surface area (Å²) in [5, 5.41) is 2.67. The topological polar surface area (TPSA) is 38.3 Å². The third-order valence-electron chi connectivity index (χ3n) is 6.05. The highest BCUT2D eigenvalue weighted by molar-refractivity contribution is 5.84. The van der Waals surface area contributed by atoms with Gasteiger partial charge in [0.2, 0.25) is 0 Å². The molecule has 114 valence electrons. The summed E-state index contributed by atoms with van der Waals surface area (Å²) >= 11 is 0. The number of halogens is 1. The molecule has 2 saturated carbocycles. The van der Waals surface area contributed by atoms with Gasteiger partial charge < -0.3 is 4.74 Å². The number of hydrogen-bond donors (Lipinski definition) is 1. The van der Waals surface area contributed by atoms with Crippen molar-refractivity contribution < 1.29 is 13.9 Å². The van der Waals surface area contributed by atoms with Crippen LogP contribution in [0, 0.1) is 22.6 Å². The van der Waals surface area contributed by atoms with Crippen molar-refractivity contribution in [2.45, 2.75) is 46.1 Å². The van der Waals surface area contributed by atoms with Crippen LogP contribution in [-0.2, 0) is 4.74 Å². The van der Waals surface area contributed by atoms with E-state index < -0.39 is 6.09 Å². The highest BCUT2D eigenvalue weighted by atomic mass is 19.1. The standard InChI is InChI=1S/C17H22FNO2/c1-16(2)11-8-9-17(16,3)14(10-11)21-15(20)19-13-6-4-12(18)5-7-13/h4-7,11,14H,8-10H2,1-3H3,(H,19,20)/t11-,14-,17+/m1/s1. The van der Waals surface area contributed by atoms with Gasteiger partial charge in [0.05, 0.1) is 0 Å². The average molecular weight is 291 g/mol. The van der Waals surface area contributed by atoms with Gasteiger partial charge in [0.1, 0.15) is 11.9 Å². The van der Waals surface area contributed by atoms with E-state index in [0.29, 0.717) is 11.6 Å². The maximum absolute atomic E-state index is 12.8. The molecular weight excluding hydrogens is 269 g/mol. The number of fused-ring (bicyclic) bond motifs is 2. The van der Waals surface area contributed by atoms with Crippen molar-refractivity contribution in [3.05, 3.63) is 30.1 Å². The zero-order valence-corrected chi connectivity index (χ0v) is 12.8. The minimum absolute atomic E-state index is 0.0355. The van der Waals surface area contributed by atoms with E-state index in [-0.39, 0.29) is 22.8 Å². The molecule has 0 aliphatic heterocycles. The molecule has 2 fully saturated rings. The van der Waals surface area contributed by atoms with E-state index >= 15 is 0 Å². The van der Waals surface area contributed by atoms with Gasteiger partial charge in [0.15, 0.2) is 0 Å². The molecule has 0 saturated heterocycles. The smallest absolute Gasteiger partial charge is 0.411 e. The lowest BCUT2D eigenvalue weighted by Gasteiger charge is -2.38. The molecule has 3 rings (SSSR count). The van der Waals surface area contributed by atoms with Crippen molar-refractivity contribution in [3.8, 4) is 0 Å². The third kappa shape index (κ3) is 2.21. The summed E-state index contributed by atoms with van der Waals surface area (Å²) in [6.07, 6.45) is 2.80. The van der Waals surface area contributed by atoms with E-state index in [1.807, 2.05) is 0 Å². The molecule has 3 nitrogen and oxygen atoms in total. The Morgan fingerprint density at radius 3 is 2.48 bits per heavy atom. The van der Waals surface area contributed by atoms with E-state index in [2.05, 4.69) is 26.1 Å². The summed E-state index contributed by atoms with van der Waals surface area (Å²) in [6.45, 7) is 6.80. The highest BCUT2D eigenvalue weighted by Gasteiger charge is 2.62. The zero-order valence-electron chi connectivity index (χ0n) is 12.8. The Balaban J connectivity index is 1.65. The predicted molar refractivity (Wildman–Crippen MR) is 79.5 cm³/mol. The number of hydrogen-bond acceptors (Lipinski definition) is 2. The zero-order chi connectivity index (χ0) is 15.3. The first kappa shape index (κ1) is 14.4.